The molecule has 1 aliphatic heterocycles. The molecule has 18 heavy (non-hydrogen) atoms. The Labute approximate surface area is 108 Å². The fraction of sp³-hybridized carbons (Fsp3) is 0.833. The van der Waals surface area contributed by atoms with Crippen LogP contribution in [0.2, 0.25) is 0 Å². The zero-order valence-corrected chi connectivity index (χ0v) is 11.4. The monoisotopic (exact) mass is 257 g/mol. The summed E-state index contributed by atoms with van der Waals surface area (Å²) in [6.45, 7) is 7.02. The number of nitrogens with one attached hydrogen (secondary N) is 1. The first-order valence-electron chi connectivity index (χ1n) is 6.36. The van der Waals surface area contributed by atoms with Crippen molar-refractivity contribution in [1.29, 1.82) is 0 Å². The number of primary amides is 1. The first kappa shape index (κ1) is 14.8. The van der Waals surface area contributed by atoms with Crippen LogP contribution in [0.15, 0.2) is 0 Å². The van der Waals surface area contributed by atoms with Crippen LogP contribution in [0.5, 0.6) is 0 Å². The van der Waals surface area contributed by atoms with Crippen molar-refractivity contribution < 1.29 is 14.3 Å². The molecule has 3 N–H and O–H groups in total. The average molecular weight is 257 g/mol. The lowest BCUT2D eigenvalue weighted by Gasteiger charge is -2.35. The molecule has 1 heterocycles. The van der Waals surface area contributed by atoms with Crippen LogP contribution in [0, 0.1) is 0 Å². The van der Waals surface area contributed by atoms with Gasteiger partial charge in [-0.05, 0) is 33.6 Å². The maximum atomic E-state index is 11.5. The van der Waals surface area contributed by atoms with Crippen molar-refractivity contribution in [3.8, 4) is 0 Å². The summed E-state index contributed by atoms with van der Waals surface area (Å²) in [5.74, 6) is -0.365. The van der Waals surface area contributed by atoms with E-state index in [9.17, 15) is 9.59 Å². The van der Waals surface area contributed by atoms with E-state index in [1.807, 2.05) is 0 Å². The number of carbonyl (C=O) groups is 2. The lowest BCUT2D eigenvalue weighted by molar-refractivity contribution is -0.123. The molecular weight excluding hydrogens is 234 g/mol. The van der Waals surface area contributed by atoms with Crippen molar-refractivity contribution in [1.82, 2.24) is 10.2 Å². The predicted octanol–water partition coefficient (Wildman–Crippen LogP) is 0.461. The van der Waals surface area contributed by atoms with Crippen molar-refractivity contribution in [2.75, 3.05) is 19.7 Å². The second-order valence-corrected chi connectivity index (χ2v) is 5.09. The van der Waals surface area contributed by atoms with E-state index < -0.39 is 5.54 Å². The quantitative estimate of drug-likeness (QED) is 0.766. The van der Waals surface area contributed by atoms with Crippen molar-refractivity contribution >= 4 is 12.0 Å². The smallest absolute Gasteiger partial charge is 0.409 e. The Hall–Kier alpha value is -1.30. The number of amides is 2. The van der Waals surface area contributed by atoms with Gasteiger partial charge in [0.1, 0.15) is 0 Å². The summed E-state index contributed by atoms with van der Waals surface area (Å²) in [6.07, 6.45) is 1.34. The fourth-order valence-corrected chi connectivity index (χ4v) is 2.00. The van der Waals surface area contributed by atoms with Gasteiger partial charge in [-0.1, -0.05) is 0 Å². The number of likely N-dealkylation sites (tertiary alicyclic amines) is 1. The lowest BCUT2D eigenvalue weighted by Crippen LogP contribution is -2.57. The standard InChI is InChI=1S/C12H23N3O3/c1-4-18-11(17)15-7-5-9(6-8-15)14-12(2,3)10(13)16/h9,14H,4-8H2,1-3H3,(H2,13,16). The lowest BCUT2D eigenvalue weighted by atomic mass is 9.98. The molecule has 104 valence electrons. The molecule has 6 heteroatoms. The molecule has 0 aliphatic carbocycles. The maximum absolute atomic E-state index is 11.5. The highest BCUT2D eigenvalue weighted by atomic mass is 16.6. The molecular formula is C12H23N3O3. The molecule has 0 radical (unpaired) electrons. The van der Waals surface area contributed by atoms with Gasteiger partial charge < -0.3 is 20.7 Å². The summed E-state index contributed by atoms with van der Waals surface area (Å²) in [5.41, 5.74) is 4.60. The van der Waals surface area contributed by atoms with Gasteiger partial charge in [0.25, 0.3) is 0 Å². The van der Waals surface area contributed by atoms with Crippen LogP contribution in [0.25, 0.3) is 0 Å². The topological polar surface area (TPSA) is 84.7 Å². The van der Waals surface area contributed by atoms with Crippen LogP contribution in [0.3, 0.4) is 0 Å². The molecule has 1 rings (SSSR count). The summed E-state index contributed by atoms with van der Waals surface area (Å²) >= 11 is 0. The zero-order chi connectivity index (χ0) is 13.8. The van der Waals surface area contributed by atoms with E-state index >= 15 is 0 Å². The first-order valence-corrected chi connectivity index (χ1v) is 6.36. The van der Waals surface area contributed by atoms with Crippen molar-refractivity contribution in [3.05, 3.63) is 0 Å². The second kappa shape index (κ2) is 6.04. The Balaban J connectivity index is 2.40. The minimum absolute atomic E-state index is 0.207. The van der Waals surface area contributed by atoms with Gasteiger partial charge >= 0.3 is 6.09 Å². The molecule has 1 aliphatic rings. The first-order chi connectivity index (χ1) is 8.36. The molecule has 0 spiro atoms. The van der Waals surface area contributed by atoms with Gasteiger partial charge in [-0.3, -0.25) is 4.79 Å². The summed E-state index contributed by atoms with van der Waals surface area (Å²) in [4.78, 5) is 24.4. The number of ether oxygens (including phenoxy) is 1. The van der Waals surface area contributed by atoms with E-state index in [2.05, 4.69) is 5.32 Å². The molecule has 0 unspecified atom stereocenters. The van der Waals surface area contributed by atoms with E-state index in [4.69, 9.17) is 10.5 Å². The molecule has 0 aromatic heterocycles. The summed E-state index contributed by atoms with van der Waals surface area (Å²) < 4.78 is 4.95. The normalized spacial score (nSPS) is 17.6. The highest BCUT2D eigenvalue weighted by Gasteiger charge is 2.31. The Kier molecular flexibility index (Phi) is 4.95. The number of hydrogen-bond donors (Lipinski definition) is 2. The minimum atomic E-state index is -0.712. The van der Waals surface area contributed by atoms with Crippen molar-refractivity contribution in [2.45, 2.75) is 45.2 Å². The number of piperidine rings is 1. The Bertz CT molecular complexity index is 310. The molecule has 6 nitrogen and oxygen atoms in total. The maximum Gasteiger partial charge on any atom is 0.409 e. The molecule has 0 atom stereocenters. The third-order valence-electron chi connectivity index (χ3n) is 3.20. The van der Waals surface area contributed by atoms with Gasteiger partial charge in [0.15, 0.2) is 0 Å². The highest BCUT2D eigenvalue weighted by Crippen LogP contribution is 2.14. The number of nitrogens with two attached hydrogens (primary N) is 1. The second-order valence-electron chi connectivity index (χ2n) is 5.09. The van der Waals surface area contributed by atoms with Gasteiger partial charge in [-0.25, -0.2) is 4.79 Å². The number of carbonyl (C=O) groups excluding carboxylic acids is 2. The summed E-state index contributed by atoms with van der Waals surface area (Å²) in [7, 11) is 0. The van der Waals surface area contributed by atoms with Crippen molar-refractivity contribution in [2.24, 2.45) is 5.73 Å². The van der Waals surface area contributed by atoms with E-state index in [1.54, 1.807) is 25.7 Å². The number of hydrogen-bond acceptors (Lipinski definition) is 4. The molecule has 1 fully saturated rings. The van der Waals surface area contributed by atoms with Crippen LogP contribution < -0.4 is 11.1 Å². The van der Waals surface area contributed by atoms with Gasteiger partial charge in [0.05, 0.1) is 12.1 Å². The van der Waals surface area contributed by atoms with Crippen LogP contribution in [-0.4, -0.2) is 48.2 Å². The van der Waals surface area contributed by atoms with Crippen molar-refractivity contribution in [3.63, 3.8) is 0 Å². The summed E-state index contributed by atoms with van der Waals surface area (Å²) in [5, 5.41) is 3.23. The van der Waals surface area contributed by atoms with Gasteiger partial charge in [-0.15, -0.1) is 0 Å². The molecule has 0 aromatic rings. The largest absolute Gasteiger partial charge is 0.450 e. The Morgan fingerprint density at radius 3 is 2.39 bits per heavy atom. The van der Waals surface area contributed by atoms with Crippen LogP contribution >= 0.6 is 0 Å². The fourth-order valence-electron chi connectivity index (χ4n) is 2.00. The SMILES string of the molecule is CCOC(=O)N1CCC(NC(C)(C)C(N)=O)CC1. The van der Waals surface area contributed by atoms with Gasteiger partial charge in [0.2, 0.25) is 5.91 Å². The predicted molar refractivity (Wildman–Crippen MR) is 68.0 cm³/mol. The summed E-state index contributed by atoms with van der Waals surface area (Å²) in [6, 6.07) is 0.207. The van der Waals surface area contributed by atoms with E-state index in [0.717, 1.165) is 12.8 Å². The Morgan fingerprint density at radius 1 is 1.39 bits per heavy atom. The minimum Gasteiger partial charge on any atom is -0.450 e. The van der Waals surface area contributed by atoms with Gasteiger partial charge in [0, 0.05) is 19.1 Å². The Morgan fingerprint density at radius 2 is 1.94 bits per heavy atom. The molecule has 1 saturated heterocycles. The van der Waals surface area contributed by atoms with Crippen LogP contribution in [-0.2, 0) is 9.53 Å². The molecule has 2 amide bonds. The van der Waals surface area contributed by atoms with Gasteiger partial charge in [-0.2, -0.15) is 0 Å². The molecule has 0 bridgehead atoms. The number of nitrogens with zero attached hydrogens (tertiary/aromatic N) is 1. The van der Waals surface area contributed by atoms with E-state index in [0.29, 0.717) is 19.7 Å². The van der Waals surface area contributed by atoms with Crippen LogP contribution in [0.4, 0.5) is 4.79 Å². The third kappa shape index (κ3) is 3.87. The number of rotatable bonds is 4. The van der Waals surface area contributed by atoms with E-state index in [1.165, 1.54) is 0 Å². The molecule has 0 aromatic carbocycles. The zero-order valence-electron chi connectivity index (χ0n) is 11.4. The van der Waals surface area contributed by atoms with E-state index in [-0.39, 0.29) is 18.0 Å². The average Bonchev–Trinajstić information content (AvgIpc) is 2.29. The third-order valence-corrected chi connectivity index (χ3v) is 3.20. The van der Waals surface area contributed by atoms with Crippen LogP contribution in [0.1, 0.15) is 33.6 Å². The molecule has 0 saturated carbocycles. The highest BCUT2D eigenvalue weighted by molar-refractivity contribution is 5.83.